The van der Waals surface area contributed by atoms with Crippen LogP contribution in [0.4, 0.5) is 0 Å². The van der Waals surface area contributed by atoms with Crippen LogP contribution >= 0.6 is 0 Å². The summed E-state index contributed by atoms with van der Waals surface area (Å²) in [6.07, 6.45) is 12.3. The summed E-state index contributed by atoms with van der Waals surface area (Å²) in [4.78, 5) is 11.8. The van der Waals surface area contributed by atoms with Crippen LogP contribution in [0.5, 0.6) is 0 Å². The summed E-state index contributed by atoms with van der Waals surface area (Å²) in [7, 11) is 0. The highest BCUT2D eigenvalue weighted by atomic mass is 16.6. The minimum Gasteiger partial charge on any atom is -0.463 e. The third-order valence-electron chi connectivity index (χ3n) is 4.17. The molecule has 0 aromatic heterocycles. The number of hydrogen-bond donors (Lipinski definition) is 0. The molecule has 0 spiro atoms. The smallest absolute Gasteiger partial charge is 0.309 e. The second kappa shape index (κ2) is 7.78. The Kier molecular flexibility index (Phi) is 5.98. The average Bonchev–Trinajstić information content (AvgIpc) is 2.45. The van der Waals surface area contributed by atoms with E-state index in [1.807, 2.05) is 0 Å². The van der Waals surface area contributed by atoms with Crippen LogP contribution in [-0.2, 0) is 14.3 Å². The Morgan fingerprint density at radius 1 is 0.833 bits per heavy atom. The molecule has 3 nitrogen and oxygen atoms in total. The van der Waals surface area contributed by atoms with E-state index in [1.165, 1.54) is 51.4 Å². The van der Waals surface area contributed by atoms with Crippen molar-refractivity contribution in [3.8, 4) is 0 Å². The van der Waals surface area contributed by atoms with Crippen LogP contribution in [0, 0.1) is 5.92 Å². The SMILES string of the molecule is O=C(OCCOC1CCCCC1)C1CCCCC1. The van der Waals surface area contributed by atoms with Crippen molar-refractivity contribution in [1.29, 1.82) is 0 Å². The fraction of sp³-hybridized carbons (Fsp3) is 0.933. The van der Waals surface area contributed by atoms with Gasteiger partial charge < -0.3 is 9.47 Å². The van der Waals surface area contributed by atoms with Gasteiger partial charge in [0.05, 0.1) is 18.6 Å². The lowest BCUT2D eigenvalue weighted by molar-refractivity contribution is -0.152. The minimum absolute atomic E-state index is 0.00180. The molecule has 0 aliphatic heterocycles. The molecule has 2 saturated carbocycles. The van der Waals surface area contributed by atoms with Gasteiger partial charge in [-0.05, 0) is 25.7 Å². The first-order valence-corrected chi connectivity index (χ1v) is 7.64. The zero-order valence-corrected chi connectivity index (χ0v) is 11.4. The molecule has 2 rings (SSSR count). The highest BCUT2D eigenvalue weighted by Crippen LogP contribution is 2.24. The summed E-state index contributed by atoms with van der Waals surface area (Å²) < 4.78 is 11.1. The van der Waals surface area contributed by atoms with E-state index in [4.69, 9.17) is 9.47 Å². The van der Waals surface area contributed by atoms with Gasteiger partial charge in [-0.3, -0.25) is 4.79 Å². The Morgan fingerprint density at radius 2 is 1.44 bits per heavy atom. The zero-order chi connectivity index (χ0) is 12.6. The standard InChI is InChI=1S/C15H26O3/c16-15(13-7-3-1-4-8-13)18-12-11-17-14-9-5-2-6-10-14/h13-14H,1-12H2. The van der Waals surface area contributed by atoms with Crippen LogP contribution in [0.15, 0.2) is 0 Å². The molecule has 0 aromatic carbocycles. The van der Waals surface area contributed by atoms with Crippen molar-refractivity contribution in [2.24, 2.45) is 5.92 Å². The van der Waals surface area contributed by atoms with E-state index in [0.29, 0.717) is 19.3 Å². The van der Waals surface area contributed by atoms with Gasteiger partial charge in [-0.1, -0.05) is 38.5 Å². The maximum absolute atomic E-state index is 11.8. The molecule has 0 bridgehead atoms. The molecule has 104 valence electrons. The van der Waals surface area contributed by atoms with Crippen LogP contribution < -0.4 is 0 Å². The molecule has 0 heterocycles. The van der Waals surface area contributed by atoms with Crippen molar-refractivity contribution < 1.29 is 14.3 Å². The highest BCUT2D eigenvalue weighted by molar-refractivity contribution is 5.72. The van der Waals surface area contributed by atoms with Crippen LogP contribution in [-0.4, -0.2) is 25.3 Å². The van der Waals surface area contributed by atoms with Gasteiger partial charge >= 0.3 is 5.97 Å². The van der Waals surface area contributed by atoms with E-state index in [0.717, 1.165) is 12.8 Å². The predicted molar refractivity (Wildman–Crippen MR) is 70.4 cm³/mol. The summed E-state index contributed by atoms with van der Waals surface area (Å²) in [5.41, 5.74) is 0. The number of carbonyl (C=O) groups excluding carboxylic acids is 1. The number of rotatable bonds is 5. The van der Waals surface area contributed by atoms with Gasteiger partial charge in [-0.2, -0.15) is 0 Å². The molecule has 0 saturated heterocycles. The Bertz CT molecular complexity index is 240. The third-order valence-corrected chi connectivity index (χ3v) is 4.17. The van der Waals surface area contributed by atoms with Crippen LogP contribution in [0.2, 0.25) is 0 Å². The van der Waals surface area contributed by atoms with E-state index in [-0.39, 0.29) is 11.9 Å². The lowest BCUT2D eigenvalue weighted by atomic mass is 9.89. The molecule has 18 heavy (non-hydrogen) atoms. The van der Waals surface area contributed by atoms with E-state index in [9.17, 15) is 4.79 Å². The summed E-state index contributed by atoms with van der Waals surface area (Å²) in [5, 5.41) is 0. The summed E-state index contributed by atoms with van der Waals surface area (Å²) >= 11 is 0. The first kappa shape index (κ1) is 13.9. The molecule has 2 fully saturated rings. The molecule has 0 N–H and O–H groups in total. The highest BCUT2D eigenvalue weighted by Gasteiger charge is 2.22. The van der Waals surface area contributed by atoms with Gasteiger partial charge in [0.15, 0.2) is 0 Å². The fourth-order valence-corrected chi connectivity index (χ4v) is 3.04. The van der Waals surface area contributed by atoms with Gasteiger partial charge in [-0.15, -0.1) is 0 Å². The van der Waals surface area contributed by atoms with E-state index < -0.39 is 0 Å². The van der Waals surface area contributed by atoms with Gasteiger partial charge in [0.25, 0.3) is 0 Å². The quantitative estimate of drug-likeness (QED) is 0.557. The van der Waals surface area contributed by atoms with E-state index >= 15 is 0 Å². The molecule has 2 aliphatic carbocycles. The second-order valence-electron chi connectivity index (χ2n) is 5.63. The molecule has 0 amide bonds. The minimum atomic E-state index is 0.00180. The van der Waals surface area contributed by atoms with Gasteiger partial charge in [0.2, 0.25) is 0 Å². The Hall–Kier alpha value is -0.570. The monoisotopic (exact) mass is 254 g/mol. The topological polar surface area (TPSA) is 35.5 Å². The van der Waals surface area contributed by atoms with Crippen LogP contribution in [0.25, 0.3) is 0 Å². The Morgan fingerprint density at radius 3 is 2.11 bits per heavy atom. The number of carbonyl (C=O) groups is 1. The largest absolute Gasteiger partial charge is 0.463 e. The lowest BCUT2D eigenvalue weighted by Gasteiger charge is -2.23. The van der Waals surface area contributed by atoms with Crippen molar-refractivity contribution in [2.75, 3.05) is 13.2 Å². The summed E-state index contributed by atoms with van der Waals surface area (Å²) in [6, 6.07) is 0. The van der Waals surface area contributed by atoms with Gasteiger partial charge in [0, 0.05) is 0 Å². The van der Waals surface area contributed by atoms with Crippen molar-refractivity contribution in [3.63, 3.8) is 0 Å². The number of hydrogen-bond acceptors (Lipinski definition) is 3. The molecular weight excluding hydrogens is 228 g/mol. The molecule has 2 aliphatic rings. The van der Waals surface area contributed by atoms with Crippen molar-refractivity contribution in [1.82, 2.24) is 0 Å². The van der Waals surface area contributed by atoms with Gasteiger partial charge in [-0.25, -0.2) is 0 Å². The molecule has 0 radical (unpaired) electrons. The predicted octanol–water partition coefficient (Wildman–Crippen LogP) is 3.46. The summed E-state index contributed by atoms with van der Waals surface area (Å²) in [6.45, 7) is 1.01. The third kappa shape index (κ3) is 4.60. The normalized spacial score (nSPS) is 22.9. The zero-order valence-electron chi connectivity index (χ0n) is 11.4. The van der Waals surface area contributed by atoms with Crippen LogP contribution in [0.1, 0.15) is 64.2 Å². The molecule has 0 atom stereocenters. The lowest BCUT2D eigenvalue weighted by Crippen LogP contribution is -2.24. The first-order valence-electron chi connectivity index (χ1n) is 7.64. The maximum Gasteiger partial charge on any atom is 0.309 e. The Labute approximate surface area is 110 Å². The van der Waals surface area contributed by atoms with Crippen LogP contribution in [0.3, 0.4) is 0 Å². The Balaban J connectivity index is 1.52. The van der Waals surface area contributed by atoms with Crippen molar-refractivity contribution >= 4 is 5.97 Å². The average molecular weight is 254 g/mol. The molecule has 3 heteroatoms. The molecular formula is C15H26O3. The first-order chi connectivity index (χ1) is 8.86. The van der Waals surface area contributed by atoms with Gasteiger partial charge in [0.1, 0.15) is 6.61 Å². The molecule has 0 unspecified atom stereocenters. The summed E-state index contributed by atoms with van der Waals surface area (Å²) in [5.74, 6) is 0.162. The van der Waals surface area contributed by atoms with E-state index in [1.54, 1.807) is 0 Å². The van der Waals surface area contributed by atoms with E-state index in [2.05, 4.69) is 0 Å². The fourth-order valence-electron chi connectivity index (χ4n) is 3.04. The van der Waals surface area contributed by atoms with Crippen molar-refractivity contribution in [3.05, 3.63) is 0 Å². The van der Waals surface area contributed by atoms with Crippen molar-refractivity contribution in [2.45, 2.75) is 70.3 Å². The molecule has 0 aromatic rings. The maximum atomic E-state index is 11.8. The number of esters is 1. The number of ether oxygens (including phenoxy) is 2. The second-order valence-corrected chi connectivity index (χ2v) is 5.63.